The van der Waals surface area contributed by atoms with E-state index in [-0.39, 0.29) is 0 Å². The van der Waals surface area contributed by atoms with Gasteiger partial charge in [0.05, 0.1) is 0 Å². The van der Waals surface area contributed by atoms with E-state index in [2.05, 4.69) is 74.0 Å². The lowest BCUT2D eigenvalue weighted by Gasteiger charge is -2.13. The lowest BCUT2D eigenvalue weighted by molar-refractivity contribution is 1.33. The zero-order valence-electron chi connectivity index (χ0n) is 10.8. The monoisotopic (exact) mass is 288 g/mol. The van der Waals surface area contributed by atoms with Gasteiger partial charge in [-0.15, -0.1) is 0 Å². The maximum atomic E-state index is 3.69. The van der Waals surface area contributed by atoms with Crippen molar-refractivity contribution in [3.8, 4) is 11.1 Å². The van der Waals surface area contributed by atoms with Gasteiger partial charge in [0, 0.05) is 4.47 Å². The van der Waals surface area contributed by atoms with Gasteiger partial charge in [0.1, 0.15) is 0 Å². The zero-order valence-corrected chi connectivity index (χ0v) is 12.4. The Labute approximate surface area is 112 Å². The molecule has 0 N–H and O–H groups in total. The minimum atomic E-state index is 1.18. The Balaban J connectivity index is 2.72. The van der Waals surface area contributed by atoms with Gasteiger partial charge in [-0.3, -0.25) is 0 Å². The standard InChI is InChI=1S/C16H17Br/c1-10-5-6-12(3)14(8-10)16-13(4)7-11(2)9-15(16)17/h5-9H,1-4H3. The van der Waals surface area contributed by atoms with Crippen LogP contribution in [-0.4, -0.2) is 0 Å². The van der Waals surface area contributed by atoms with Crippen molar-refractivity contribution in [1.29, 1.82) is 0 Å². The van der Waals surface area contributed by atoms with Gasteiger partial charge in [-0.1, -0.05) is 45.8 Å². The van der Waals surface area contributed by atoms with Crippen LogP contribution in [0.15, 0.2) is 34.8 Å². The summed E-state index contributed by atoms with van der Waals surface area (Å²) in [6, 6.07) is 11.0. The first-order valence-corrected chi connectivity index (χ1v) is 6.62. The summed E-state index contributed by atoms with van der Waals surface area (Å²) in [5.74, 6) is 0. The second-order valence-corrected chi connectivity index (χ2v) is 5.61. The molecule has 2 aromatic rings. The Morgan fingerprint density at radius 2 is 1.47 bits per heavy atom. The largest absolute Gasteiger partial charge is 0.0590 e. The molecule has 17 heavy (non-hydrogen) atoms. The smallest absolute Gasteiger partial charge is 0.0259 e. The molecular weight excluding hydrogens is 272 g/mol. The number of benzene rings is 2. The topological polar surface area (TPSA) is 0 Å². The van der Waals surface area contributed by atoms with Crippen molar-refractivity contribution in [2.45, 2.75) is 27.7 Å². The third-order valence-electron chi connectivity index (χ3n) is 3.09. The first-order valence-electron chi connectivity index (χ1n) is 5.83. The van der Waals surface area contributed by atoms with Crippen LogP contribution >= 0.6 is 15.9 Å². The molecule has 0 saturated heterocycles. The highest BCUT2D eigenvalue weighted by molar-refractivity contribution is 9.10. The fourth-order valence-corrected chi connectivity index (χ4v) is 3.15. The van der Waals surface area contributed by atoms with Crippen LogP contribution in [-0.2, 0) is 0 Å². The third-order valence-corrected chi connectivity index (χ3v) is 3.72. The van der Waals surface area contributed by atoms with Gasteiger partial charge >= 0.3 is 0 Å². The molecule has 0 nitrogen and oxygen atoms in total. The van der Waals surface area contributed by atoms with Crippen molar-refractivity contribution in [1.82, 2.24) is 0 Å². The van der Waals surface area contributed by atoms with Crippen LogP contribution in [0, 0.1) is 27.7 Å². The van der Waals surface area contributed by atoms with Gasteiger partial charge in [-0.05, 0) is 61.6 Å². The molecule has 0 aliphatic rings. The van der Waals surface area contributed by atoms with Gasteiger partial charge in [0.25, 0.3) is 0 Å². The van der Waals surface area contributed by atoms with Gasteiger partial charge in [0.2, 0.25) is 0 Å². The molecule has 0 aromatic heterocycles. The minimum Gasteiger partial charge on any atom is -0.0590 e. The summed E-state index contributed by atoms with van der Waals surface area (Å²) in [6.07, 6.45) is 0. The van der Waals surface area contributed by atoms with Gasteiger partial charge < -0.3 is 0 Å². The second-order valence-electron chi connectivity index (χ2n) is 4.76. The van der Waals surface area contributed by atoms with Crippen molar-refractivity contribution in [2.75, 3.05) is 0 Å². The predicted octanol–water partition coefficient (Wildman–Crippen LogP) is 5.35. The number of halogens is 1. The number of hydrogen-bond donors (Lipinski definition) is 0. The van der Waals surface area contributed by atoms with Gasteiger partial charge in [-0.25, -0.2) is 0 Å². The van der Waals surface area contributed by atoms with Crippen molar-refractivity contribution in [3.05, 3.63) is 57.1 Å². The van der Waals surface area contributed by atoms with Crippen LogP contribution in [0.5, 0.6) is 0 Å². The lowest BCUT2D eigenvalue weighted by Crippen LogP contribution is -1.91. The fourth-order valence-electron chi connectivity index (χ4n) is 2.26. The van der Waals surface area contributed by atoms with Crippen molar-refractivity contribution in [3.63, 3.8) is 0 Å². The fraction of sp³-hybridized carbons (Fsp3) is 0.250. The van der Waals surface area contributed by atoms with Crippen LogP contribution in [0.2, 0.25) is 0 Å². The number of aryl methyl sites for hydroxylation is 4. The molecule has 0 aliphatic heterocycles. The molecule has 0 bridgehead atoms. The SMILES string of the molecule is Cc1cc(C)c(-c2cc(C)ccc2C)c(Br)c1. The molecule has 0 radical (unpaired) electrons. The summed E-state index contributed by atoms with van der Waals surface area (Å²) in [5, 5.41) is 0. The normalized spacial score (nSPS) is 10.6. The summed E-state index contributed by atoms with van der Waals surface area (Å²) in [4.78, 5) is 0. The quantitative estimate of drug-likeness (QED) is 0.664. The average Bonchev–Trinajstić information content (AvgIpc) is 2.21. The Kier molecular flexibility index (Phi) is 3.39. The maximum absolute atomic E-state index is 3.69. The molecule has 0 aliphatic carbocycles. The lowest BCUT2D eigenvalue weighted by atomic mass is 9.94. The Morgan fingerprint density at radius 1 is 0.765 bits per heavy atom. The Bertz CT molecular complexity index is 545. The summed E-state index contributed by atoms with van der Waals surface area (Å²) in [5.41, 5.74) is 7.89. The van der Waals surface area contributed by atoms with Crippen molar-refractivity contribution < 1.29 is 0 Å². The Hall–Kier alpha value is -1.08. The van der Waals surface area contributed by atoms with Crippen LogP contribution in [0.1, 0.15) is 22.3 Å². The van der Waals surface area contributed by atoms with Crippen LogP contribution in [0.4, 0.5) is 0 Å². The highest BCUT2D eigenvalue weighted by Crippen LogP contribution is 2.34. The molecule has 2 aromatic carbocycles. The first-order chi connectivity index (χ1) is 7.99. The zero-order chi connectivity index (χ0) is 12.6. The molecule has 2 rings (SSSR count). The number of rotatable bonds is 1. The van der Waals surface area contributed by atoms with E-state index in [1.807, 2.05) is 0 Å². The molecule has 0 fully saturated rings. The summed E-state index contributed by atoms with van der Waals surface area (Å²) >= 11 is 3.69. The maximum Gasteiger partial charge on any atom is 0.0259 e. The van der Waals surface area contributed by atoms with E-state index >= 15 is 0 Å². The first kappa shape index (κ1) is 12.4. The molecule has 88 valence electrons. The van der Waals surface area contributed by atoms with E-state index in [1.165, 1.54) is 37.9 Å². The molecule has 0 spiro atoms. The summed E-state index contributed by atoms with van der Waals surface area (Å²) in [6.45, 7) is 8.61. The summed E-state index contributed by atoms with van der Waals surface area (Å²) < 4.78 is 1.18. The molecule has 0 unspecified atom stereocenters. The Morgan fingerprint density at radius 3 is 2.12 bits per heavy atom. The number of hydrogen-bond acceptors (Lipinski definition) is 0. The highest BCUT2D eigenvalue weighted by atomic mass is 79.9. The van der Waals surface area contributed by atoms with E-state index in [0.717, 1.165) is 0 Å². The predicted molar refractivity (Wildman–Crippen MR) is 78.5 cm³/mol. The van der Waals surface area contributed by atoms with Crippen molar-refractivity contribution >= 4 is 15.9 Å². The molecule has 0 amide bonds. The van der Waals surface area contributed by atoms with Crippen LogP contribution in [0.3, 0.4) is 0 Å². The van der Waals surface area contributed by atoms with E-state index in [4.69, 9.17) is 0 Å². The molecule has 1 heteroatoms. The molecule has 0 atom stereocenters. The van der Waals surface area contributed by atoms with Gasteiger partial charge in [0.15, 0.2) is 0 Å². The second kappa shape index (κ2) is 4.66. The molecular formula is C16H17Br. The van der Waals surface area contributed by atoms with E-state index in [0.29, 0.717) is 0 Å². The highest BCUT2D eigenvalue weighted by Gasteiger charge is 2.10. The summed E-state index contributed by atoms with van der Waals surface area (Å²) in [7, 11) is 0. The third kappa shape index (κ3) is 2.44. The average molecular weight is 289 g/mol. The minimum absolute atomic E-state index is 1.18. The van der Waals surface area contributed by atoms with Gasteiger partial charge in [-0.2, -0.15) is 0 Å². The van der Waals surface area contributed by atoms with Crippen LogP contribution < -0.4 is 0 Å². The van der Waals surface area contributed by atoms with E-state index < -0.39 is 0 Å². The van der Waals surface area contributed by atoms with Crippen molar-refractivity contribution in [2.24, 2.45) is 0 Å². The molecule has 0 heterocycles. The molecule has 0 saturated carbocycles. The van der Waals surface area contributed by atoms with E-state index in [9.17, 15) is 0 Å². The van der Waals surface area contributed by atoms with Crippen LogP contribution in [0.25, 0.3) is 11.1 Å². The van der Waals surface area contributed by atoms with E-state index in [1.54, 1.807) is 0 Å².